The van der Waals surface area contributed by atoms with Crippen LogP contribution in [-0.2, 0) is 9.53 Å². The summed E-state index contributed by atoms with van der Waals surface area (Å²) in [6.45, 7) is 3.05. The molecular formula is C22H25ClN2O3. The van der Waals surface area contributed by atoms with Crippen LogP contribution in [0.5, 0.6) is 0 Å². The number of Topliss-reactive ketones (excluding diaryl/α,β-unsaturated/α-hetero) is 1. The smallest absolute Gasteiger partial charge is 0.320 e. The van der Waals surface area contributed by atoms with Crippen LogP contribution in [-0.4, -0.2) is 60.5 Å². The quantitative estimate of drug-likeness (QED) is 0.628. The van der Waals surface area contributed by atoms with Gasteiger partial charge in [0.15, 0.2) is 5.78 Å². The molecule has 0 bridgehead atoms. The van der Waals surface area contributed by atoms with E-state index in [9.17, 15) is 9.59 Å². The van der Waals surface area contributed by atoms with Gasteiger partial charge >= 0.3 is 6.03 Å². The van der Waals surface area contributed by atoms with Gasteiger partial charge in [0.05, 0.1) is 6.10 Å². The Labute approximate surface area is 171 Å². The lowest BCUT2D eigenvalue weighted by Gasteiger charge is -2.42. The van der Waals surface area contributed by atoms with Crippen molar-refractivity contribution in [3.05, 3.63) is 34.9 Å². The van der Waals surface area contributed by atoms with E-state index in [1.807, 2.05) is 34.1 Å². The molecule has 6 heteroatoms. The number of amides is 2. The lowest BCUT2D eigenvalue weighted by atomic mass is 9.88. The van der Waals surface area contributed by atoms with Crippen molar-refractivity contribution in [1.29, 1.82) is 0 Å². The fourth-order valence-electron chi connectivity index (χ4n) is 4.28. The number of ketones is 1. The van der Waals surface area contributed by atoms with Gasteiger partial charge in [0, 0.05) is 55.0 Å². The lowest BCUT2D eigenvalue weighted by Crippen LogP contribution is -2.54. The fraction of sp³-hybridized carbons (Fsp3) is 0.545. The molecule has 0 unspecified atom stereocenters. The summed E-state index contributed by atoms with van der Waals surface area (Å²) in [5.74, 6) is 7.17. The van der Waals surface area contributed by atoms with Gasteiger partial charge in [-0.1, -0.05) is 23.4 Å². The van der Waals surface area contributed by atoms with Crippen molar-refractivity contribution in [2.75, 3.05) is 32.8 Å². The number of carbonyl (C=O) groups excluding carboxylic acids is 2. The number of piperidine rings is 2. The van der Waals surface area contributed by atoms with Gasteiger partial charge < -0.3 is 14.5 Å². The van der Waals surface area contributed by atoms with Crippen LogP contribution in [0.4, 0.5) is 4.79 Å². The van der Waals surface area contributed by atoms with E-state index in [1.54, 1.807) is 0 Å². The average Bonchev–Trinajstić information content (AvgIpc) is 2.72. The molecule has 2 amide bonds. The molecule has 148 valence electrons. The zero-order valence-electron chi connectivity index (χ0n) is 15.9. The maximum absolute atomic E-state index is 12.9. The maximum Gasteiger partial charge on any atom is 0.320 e. The molecule has 4 rings (SSSR count). The number of urea groups is 1. The van der Waals surface area contributed by atoms with Crippen molar-refractivity contribution in [3.63, 3.8) is 0 Å². The number of hydrogen-bond donors (Lipinski definition) is 0. The Hall–Kier alpha value is -2.03. The molecule has 5 nitrogen and oxygen atoms in total. The zero-order valence-corrected chi connectivity index (χ0v) is 16.7. The van der Waals surface area contributed by atoms with Crippen molar-refractivity contribution >= 4 is 23.4 Å². The highest BCUT2D eigenvalue weighted by Crippen LogP contribution is 2.28. The number of likely N-dealkylation sites (tertiary alicyclic amines) is 2. The predicted octanol–water partition coefficient (Wildman–Crippen LogP) is 3.20. The summed E-state index contributed by atoms with van der Waals surface area (Å²) in [5.41, 5.74) is 0.968. The molecule has 3 heterocycles. The maximum atomic E-state index is 12.9. The van der Waals surface area contributed by atoms with Gasteiger partial charge in [-0.15, -0.1) is 0 Å². The highest BCUT2D eigenvalue weighted by Gasteiger charge is 2.38. The van der Waals surface area contributed by atoms with Crippen LogP contribution in [0.15, 0.2) is 24.3 Å². The van der Waals surface area contributed by atoms with E-state index in [4.69, 9.17) is 16.3 Å². The molecule has 3 aliphatic rings. The first-order valence-electron chi connectivity index (χ1n) is 10.0. The number of hydrogen-bond acceptors (Lipinski definition) is 3. The monoisotopic (exact) mass is 400 g/mol. The van der Waals surface area contributed by atoms with Crippen LogP contribution in [0.3, 0.4) is 0 Å². The van der Waals surface area contributed by atoms with E-state index >= 15 is 0 Å². The molecule has 0 spiro atoms. The molecule has 0 aliphatic carbocycles. The minimum Gasteiger partial charge on any atom is -0.370 e. The average molecular weight is 401 g/mol. The van der Waals surface area contributed by atoms with Crippen molar-refractivity contribution in [2.24, 2.45) is 11.8 Å². The molecule has 28 heavy (non-hydrogen) atoms. The van der Waals surface area contributed by atoms with Gasteiger partial charge in [0.2, 0.25) is 0 Å². The SMILES string of the molecule is O=C1CO[C@H]2CCN(C(=O)N3CCC(C#Cc4ccc(Cl)cc4)CC3)C[C@H]2C1. The van der Waals surface area contributed by atoms with Crippen LogP contribution in [0.1, 0.15) is 31.2 Å². The van der Waals surface area contributed by atoms with Crippen molar-refractivity contribution < 1.29 is 14.3 Å². The topological polar surface area (TPSA) is 49.9 Å². The van der Waals surface area contributed by atoms with Gasteiger partial charge in [-0.2, -0.15) is 0 Å². The first-order chi connectivity index (χ1) is 13.6. The second-order valence-electron chi connectivity index (χ2n) is 7.91. The van der Waals surface area contributed by atoms with Gasteiger partial charge in [0.25, 0.3) is 0 Å². The molecule has 2 atom stereocenters. The van der Waals surface area contributed by atoms with Gasteiger partial charge in [-0.3, -0.25) is 4.79 Å². The van der Waals surface area contributed by atoms with Crippen LogP contribution < -0.4 is 0 Å². The summed E-state index contributed by atoms with van der Waals surface area (Å²) in [6.07, 6.45) is 3.29. The Morgan fingerprint density at radius 1 is 1.07 bits per heavy atom. The third-order valence-corrected chi connectivity index (χ3v) is 6.17. The van der Waals surface area contributed by atoms with Crippen LogP contribution in [0, 0.1) is 23.7 Å². The first-order valence-corrected chi connectivity index (χ1v) is 10.4. The molecule has 3 aliphatic heterocycles. The zero-order chi connectivity index (χ0) is 19.5. The van der Waals surface area contributed by atoms with Gasteiger partial charge in [-0.25, -0.2) is 4.79 Å². The number of ether oxygens (including phenoxy) is 1. The third-order valence-electron chi connectivity index (χ3n) is 5.91. The third kappa shape index (κ3) is 4.51. The summed E-state index contributed by atoms with van der Waals surface area (Å²) >= 11 is 5.90. The van der Waals surface area contributed by atoms with E-state index in [2.05, 4.69) is 11.8 Å². The molecule has 0 N–H and O–H groups in total. The van der Waals surface area contributed by atoms with Crippen LogP contribution in [0.2, 0.25) is 5.02 Å². The Bertz CT molecular complexity index is 790. The van der Waals surface area contributed by atoms with E-state index in [0.29, 0.717) is 30.5 Å². The standard InChI is InChI=1S/C22H25ClN2O3/c23-19-5-3-16(4-6-19)1-2-17-7-10-24(11-8-17)22(27)25-12-9-21-18(14-25)13-20(26)15-28-21/h3-6,17-18,21H,7-15H2/t18-,21+/m1/s1. The summed E-state index contributed by atoms with van der Waals surface area (Å²) in [5, 5.41) is 0.713. The molecule has 1 aromatic carbocycles. The number of halogens is 1. The second-order valence-corrected chi connectivity index (χ2v) is 8.34. The van der Waals surface area contributed by atoms with Crippen LogP contribution >= 0.6 is 11.6 Å². The Morgan fingerprint density at radius 3 is 2.54 bits per heavy atom. The molecular weight excluding hydrogens is 376 g/mol. The Kier molecular flexibility index (Phi) is 5.89. The fourth-order valence-corrected chi connectivity index (χ4v) is 4.41. The molecule has 3 fully saturated rings. The number of benzene rings is 1. The number of fused-ring (bicyclic) bond motifs is 1. The highest BCUT2D eigenvalue weighted by atomic mass is 35.5. The summed E-state index contributed by atoms with van der Waals surface area (Å²) in [4.78, 5) is 28.4. The highest BCUT2D eigenvalue weighted by molar-refractivity contribution is 6.30. The van der Waals surface area contributed by atoms with E-state index in [1.165, 1.54) is 0 Å². The van der Waals surface area contributed by atoms with E-state index in [-0.39, 0.29) is 30.4 Å². The van der Waals surface area contributed by atoms with Gasteiger partial charge in [0.1, 0.15) is 6.61 Å². The van der Waals surface area contributed by atoms with Crippen molar-refractivity contribution in [3.8, 4) is 11.8 Å². The Balaban J connectivity index is 1.28. The minimum atomic E-state index is 0.0978. The molecule has 0 radical (unpaired) electrons. The number of rotatable bonds is 0. The second kappa shape index (κ2) is 8.55. The molecule has 1 aromatic rings. The first kappa shape index (κ1) is 19.3. The molecule has 3 saturated heterocycles. The summed E-state index contributed by atoms with van der Waals surface area (Å²) in [6, 6.07) is 7.65. The summed E-state index contributed by atoms with van der Waals surface area (Å²) in [7, 11) is 0. The van der Waals surface area contributed by atoms with Crippen molar-refractivity contribution in [1.82, 2.24) is 9.80 Å². The largest absolute Gasteiger partial charge is 0.370 e. The van der Waals surface area contributed by atoms with Crippen LogP contribution in [0.25, 0.3) is 0 Å². The lowest BCUT2D eigenvalue weighted by molar-refractivity contribution is -0.139. The molecule has 0 aromatic heterocycles. The number of nitrogens with zero attached hydrogens (tertiary/aromatic N) is 2. The predicted molar refractivity (Wildman–Crippen MR) is 107 cm³/mol. The van der Waals surface area contributed by atoms with Crippen molar-refractivity contribution in [2.45, 2.75) is 31.8 Å². The van der Waals surface area contributed by atoms with E-state index < -0.39 is 0 Å². The number of carbonyl (C=O) groups is 2. The van der Waals surface area contributed by atoms with Gasteiger partial charge in [-0.05, 0) is 43.5 Å². The minimum absolute atomic E-state index is 0.0978. The molecule has 0 saturated carbocycles. The van der Waals surface area contributed by atoms with E-state index in [0.717, 1.165) is 37.9 Å². The Morgan fingerprint density at radius 2 is 1.79 bits per heavy atom. The summed E-state index contributed by atoms with van der Waals surface area (Å²) < 4.78 is 5.63. The normalized spacial score (nSPS) is 25.7.